The van der Waals surface area contributed by atoms with E-state index in [0.29, 0.717) is 5.41 Å². The topological polar surface area (TPSA) is 6.48 Å². The molecule has 0 bridgehead atoms. The maximum absolute atomic E-state index is 2.68. The summed E-state index contributed by atoms with van der Waals surface area (Å²) < 4.78 is 0. The predicted octanol–water partition coefficient (Wildman–Crippen LogP) is 3.62. The molecule has 0 aromatic heterocycles. The van der Waals surface area contributed by atoms with Gasteiger partial charge in [-0.25, -0.2) is 0 Å². The summed E-state index contributed by atoms with van der Waals surface area (Å²) in [6.45, 7) is 13.5. The fourth-order valence-corrected chi connectivity index (χ4v) is 2.89. The molecule has 0 radical (unpaired) electrons. The first-order valence-electron chi connectivity index (χ1n) is 8.00. The van der Waals surface area contributed by atoms with Crippen LogP contribution >= 0.6 is 0 Å². The molecule has 1 atom stereocenters. The second-order valence-electron chi connectivity index (χ2n) is 6.55. The number of nitrogens with zero attached hydrogens (tertiary/aromatic N) is 2. The summed E-state index contributed by atoms with van der Waals surface area (Å²) in [6, 6.07) is 0. The summed E-state index contributed by atoms with van der Waals surface area (Å²) in [6.07, 6.45) is 8.34. The molecular formula is C16H34N2. The van der Waals surface area contributed by atoms with Gasteiger partial charge in [0.15, 0.2) is 0 Å². The maximum atomic E-state index is 2.68. The van der Waals surface area contributed by atoms with Crippen molar-refractivity contribution in [3.8, 4) is 0 Å². The standard InChI is InChI=1S/C16H34N2/c1-5-7-8-9-10-16(3,6-2)15-18-13-11-17(4)12-14-18/h5-15H2,1-4H3. The molecule has 0 aliphatic carbocycles. The van der Waals surface area contributed by atoms with Crippen molar-refractivity contribution in [3.05, 3.63) is 0 Å². The van der Waals surface area contributed by atoms with Crippen LogP contribution in [0, 0.1) is 5.41 Å². The number of hydrogen-bond acceptors (Lipinski definition) is 2. The first-order valence-corrected chi connectivity index (χ1v) is 8.00. The Balaban J connectivity index is 2.29. The Morgan fingerprint density at radius 2 is 1.61 bits per heavy atom. The van der Waals surface area contributed by atoms with Gasteiger partial charge in [-0.1, -0.05) is 46.5 Å². The summed E-state index contributed by atoms with van der Waals surface area (Å²) >= 11 is 0. The molecule has 1 aliphatic rings. The van der Waals surface area contributed by atoms with Crippen molar-refractivity contribution in [1.29, 1.82) is 0 Å². The number of likely N-dealkylation sites (N-methyl/N-ethyl adjacent to an activating group) is 1. The molecule has 18 heavy (non-hydrogen) atoms. The average Bonchev–Trinajstić information content (AvgIpc) is 2.38. The fourth-order valence-electron chi connectivity index (χ4n) is 2.89. The largest absolute Gasteiger partial charge is 0.304 e. The smallest absolute Gasteiger partial charge is 0.0110 e. The van der Waals surface area contributed by atoms with E-state index < -0.39 is 0 Å². The molecule has 1 aliphatic heterocycles. The summed E-state index contributed by atoms with van der Waals surface area (Å²) in [5.41, 5.74) is 0.545. The van der Waals surface area contributed by atoms with E-state index in [-0.39, 0.29) is 0 Å². The minimum atomic E-state index is 0.545. The van der Waals surface area contributed by atoms with Gasteiger partial charge in [0.25, 0.3) is 0 Å². The normalized spacial score (nSPS) is 22.0. The van der Waals surface area contributed by atoms with Gasteiger partial charge >= 0.3 is 0 Å². The molecule has 1 heterocycles. The van der Waals surface area contributed by atoms with Crippen LogP contribution in [0.15, 0.2) is 0 Å². The highest BCUT2D eigenvalue weighted by Crippen LogP contribution is 2.30. The molecule has 108 valence electrons. The van der Waals surface area contributed by atoms with Gasteiger partial charge < -0.3 is 9.80 Å². The molecule has 1 unspecified atom stereocenters. The van der Waals surface area contributed by atoms with Gasteiger partial charge in [0.05, 0.1) is 0 Å². The van der Waals surface area contributed by atoms with Crippen molar-refractivity contribution in [2.75, 3.05) is 39.8 Å². The first kappa shape index (κ1) is 16.0. The molecule has 2 nitrogen and oxygen atoms in total. The van der Waals surface area contributed by atoms with Gasteiger partial charge in [-0.3, -0.25) is 0 Å². The Bertz CT molecular complexity index is 209. The third-order valence-corrected chi connectivity index (χ3v) is 4.69. The minimum Gasteiger partial charge on any atom is -0.304 e. The van der Waals surface area contributed by atoms with E-state index in [9.17, 15) is 0 Å². The SMILES string of the molecule is CCCCCCC(C)(CC)CN1CCN(C)CC1. The van der Waals surface area contributed by atoms with Crippen molar-refractivity contribution >= 4 is 0 Å². The third kappa shape index (κ3) is 5.71. The van der Waals surface area contributed by atoms with Crippen LogP contribution in [-0.2, 0) is 0 Å². The lowest BCUT2D eigenvalue weighted by atomic mass is 9.81. The quantitative estimate of drug-likeness (QED) is 0.610. The van der Waals surface area contributed by atoms with Gasteiger partial charge in [0, 0.05) is 32.7 Å². The molecular weight excluding hydrogens is 220 g/mol. The van der Waals surface area contributed by atoms with Crippen molar-refractivity contribution < 1.29 is 0 Å². The minimum absolute atomic E-state index is 0.545. The molecule has 0 aromatic carbocycles. The average molecular weight is 254 g/mol. The van der Waals surface area contributed by atoms with Crippen LogP contribution in [-0.4, -0.2) is 49.6 Å². The van der Waals surface area contributed by atoms with E-state index in [0.717, 1.165) is 0 Å². The highest BCUT2D eigenvalue weighted by Gasteiger charge is 2.26. The van der Waals surface area contributed by atoms with E-state index in [4.69, 9.17) is 0 Å². The molecule has 1 fully saturated rings. The molecule has 0 amide bonds. The van der Waals surface area contributed by atoms with E-state index in [1.807, 2.05) is 0 Å². The van der Waals surface area contributed by atoms with E-state index >= 15 is 0 Å². The second-order valence-corrected chi connectivity index (χ2v) is 6.55. The molecule has 1 saturated heterocycles. The fraction of sp³-hybridized carbons (Fsp3) is 1.00. The van der Waals surface area contributed by atoms with Crippen LogP contribution in [0.4, 0.5) is 0 Å². The van der Waals surface area contributed by atoms with E-state index in [1.54, 1.807) is 0 Å². The van der Waals surface area contributed by atoms with Crippen molar-refractivity contribution in [2.45, 2.75) is 59.3 Å². The van der Waals surface area contributed by atoms with Gasteiger partial charge in [-0.15, -0.1) is 0 Å². The third-order valence-electron chi connectivity index (χ3n) is 4.69. The van der Waals surface area contributed by atoms with Crippen LogP contribution in [0.3, 0.4) is 0 Å². The second kappa shape index (κ2) is 8.16. The lowest BCUT2D eigenvalue weighted by Gasteiger charge is -2.39. The van der Waals surface area contributed by atoms with E-state index in [2.05, 4.69) is 37.6 Å². The lowest BCUT2D eigenvalue weighted by molar-refractivity contribution is 0.0945. The van der Waals surface area contributed by atoms with Crippen LogP contribution in [0.1, 0.15) is 59.3 Å². The summed E-state index contributed by atoms with van der Waals surface area (Å²) in [5.74, 6) is 0. The van der Waals surface area contributed by atoms with Crippen molar-refractivity contribution in [1.82, 2.24) is 9.80 Å². The highest BCUT2D eigenvalue weighted by atomic mass is 15.2. The van der Waals surface area contributed by atoms with Gasteiger partial charge in [-0.2, -0.15) is 0 Å². The van der Waals surface area contributed by atoms with Crippen LogP contribution in [0.25, 0.3) is 0 Å². The zero-order valence-electron chi connectivity index (χ0n) is 13.2. The lowest BCUT2D eigenvalue weighted by Crippen LogP contribution is -2.48. The monoisotopic (exact) mass is 254 g/mol. The maximum Gasteiger partial charge on any atom is 0.0110 e. The number of rotatable bonds is 8. The number of unbranched alkanes of at least 4 members (excludes halogenated alkanes) is 3. The van der Waals surface area contributed by atoms with Crippen LogP contribution < -0.4 is 0 Å². The Hall–Kier alpha value is -0.0800. The highest BCUT2D eigenvalue weighted by molar-refractivity contribution is 4.80. The Kier molecular flexibility index (Phi) is 7.25. The summed E-state index contributed by atoms with van der Waals surface area (Å²) in [5, 5.41) is 0. The van der Waals surface area contributed by atoms with Crippen LogP contribution in [0.5, 0.6) is 0 Å². The van der Waals surface area contributed by atoms with Crippen molar-refractivity contribution in [2.24, 2.45) is 5.41 Å². The molecule has 1 rings (SSSR count). The Labute approximate surface area is 115 Å². The molecule has 0 N–H and O–H groups in total. The Morgan fingerprint density at radius 1 is 0.944 bits per heavy atom. The van der Waals surface area contributed by atoms with Crippen LogP contribution in [0.2, 0.25) is 0 Å². The molecule has 0 aromatic rings. The molecule has 2 heteroatoms. The Morgan fingerprint density at radius 3 is 2.17 bits per heavy atom. The van der Waals surface area contributed by atoms with Gasteiger partial charge in [0.2, 0.25) is 0 Å². The number of hydrogen-bond donors (Lipinski definition) is 0. The zero-order chi connectivity index (χ0) is 13.4. The predicted molar refractivity (Wildman–Crippen MR) is 81.1 cm³/mol. The van der Waals surface area contributed by atoms with E-state index in [1.165, 1.54) is 71.2 Å². The molecule has 0 spiro atoms. The molecule has 0 saturated carbocycles. The first-order chi connectivity index (χ1) is 8.59. The van der Waals surface area contributed by atoms with Crippen molar-refractivity contribution in [3.63, 3.8) is 0 Å². The van der Waals surface area contributed by atoms with Gasteiger partial charge in [-0.05, 0) is 25.3 Å². The summed E-state index contributed by atoms with van der Waals surface area (Å²) in [4.78, 5) is 5.13. The van der Waals surface area contributed by atoms with Gasteiger partial charge in [0.1, 0.15) is 0 Å². The summed E-state index contributed by atoms with van der Waals surface area (Å²) in [7, 11) is 2.24. The number of piperazine rings is 1. The zero-order valence-corrected chi connectivity index (χ0v) is 13.2.